The van der Waals surface area contributed by atoms with E-state index in [2.05, 4.69) is 0 Å². The molecule has 3 nitrogen and oxygen atoms in total. The lowest BCUT2D eigenvalue weighted by Gasteiger charge is -2.50. The minimum atomic E-state index is -0.293. The molecule has 0 radical (unpaired) electrons. The molecule has 1 saturated carbocycles. The molecule has 1 aromatic carbocycles. The van der Waals surface area contributed by atoms with Crippen LogP contribution in [0.25, 0.3) is 0 Å². The standard InChI is InChI=1S/C16H15ClO3/c1-8-13(9-3-5-10(17)6-4-9)15-14(8)11(18)7-12(20-2)16(15)19/h3-8,13-15H,1-2H3/t8-,13-,14?,15?/m0/s1. The zero-order valence-corrected chi connectivity index (χ0v) is 12.1. The number of hydrogen-bond acceptors (Lipinski definition) is 3. The molecule has 2 aliphatic carbocycles. The Kier molecular flexibility index (Phi) is 3.17. The van der Waals surface area contributed by atoms with E-state index in [1.165, 1.54) is 13.2 Å². The lowest BCUT2D eigenvalue weighted by molar-refractivity contribution is -0.144. The van der Waals surface area contributed by atoms with E-state index in [-0.39, 0.29) is 41.0 Å². The number of hydrogen-bond donors (Lipinski definition) is 0. The highest BCUT2D eigenvalue weighted by molar-refractivity contribution is 6.30. The van der Waals surface area contributed by atoms with E-state index in [0.29, 0.717) is 5.02 Å². The van der Waals surface area contributed by atoms with Gasteiger partial charge in [0.05, 0.1) is 7.11 Å². The van der Waals surface area contributed by atoms with Gasteiger partial charge >= 0.3 is 0 Å². The Morgan fingerprint density at radius 1 is 1.05 bits per heavy atom. The van der Waals surface area contributed by atoms with Crippen LogP contribution >= 0.6 is 11.6 Å². The molecule has 0 heterocycles. The zero-order chi connectivity index (χ0) is 14.4. The molecule has 2 unspecified atom stereocenters. The normalized spacial score (nSPS) is 32.2. The summed E-state index contributed by atoms with van der Waals surface area (Å²) in [5.74, 6) is -0.151. The van der Waals surface area contributed by atoms with Crippen molar-refractivity contribution in [3.05, 3.63) is 46.7 Å². The van der Waals surface area contributed by atoms with Gasteiger partial charge in [0.15, 0.2) is 11.5 Å². The third-order valence-electron chi connectivity index (χ3n) is 4.53. The van der Waals surface area contributed by atoms with Crippen LogP contribution in [0.1, 0.15) is 18.4 Å². The molecule has 20 heavy (non-hydrogen) atoms. The number of Topliss-reactive ketones (excluding diaryl/α,β-unsaturated/α-hetero) is 1. The minimum absolute atomic E-state index is 0.00386. The van der Waals surface area contributed by atoms with Crippen molar-refractivity contribution in [1.82, 2.24) is 0 Å². The van der Waals surface area contributed by atoms with E-state index >= 15 is 0 Å². The van der Waals surface area contributed by atoms with Gasteiger partial charge in [0.2, 0.25) is 5.78 Å². The number of benzene rings is 1. The van der Waals surface area contributed by atoms with Crippen molar-refractivity contribution in [3.8, 4) is 0 Å². The second-order valence-corrected chi connectivity index (χ2v) is 5.90. The molecule has 0 amide bonds. The molecule has 0 saturated heterocycles. The van der Waals surface area contributed by atoms with Gasteiger partial charge in [-0.15, -0.1) is 0 Å². The van der Waals surface area contributed by atoms with Crippen molar-refractivity contribution in [1.29, 1.82) is 0 Å². The van der Waals surface area contributed by atoms with Gasteiger partial charge in [0, 0.05) is 22.9 Å². The monoisotopic (exact) mass is 290 g/mol. The van der Waals surface area contributed by atoms with Gasteiger partial charge in [0.1, 0.15) is 0 Å². The maximum absolute atomic E-state index is 12.4. The van der Waals surface area contributed by atoms with Crippen molar-refractivity contribution in [2.75, 3.05) is 7.11 Å². The maximum Gasteiger partial charge on any atom is 0.201 e. The van der Waals surface area contributed by atoms with Crippen LogP contribution in [0.3, 0.4) is 0 Å². The van der Waals surface area contributed by atoms with Crippen molar-refractivity contribution < 1.29 is 14.3 Å². The number of ketones is 2. The summed E-state index contributed by atoms with van der Waals surface area (Å²) in [6, 6.07) is 7.50. The summed E-state index contributed by atoms with van der Waals surface area (Å²) < 4.78 is 5.03. The third kappa shape index (κ3) is 1.80. The summed E-state index contributed by atoms with van der Waals surface area (Å²) in [4.78, 5) is 24.5. The Hall–Kier alpha value is -1.61. The molecule has 2 aliphatic rings. The molecule has 0 spiro atoms. The van der Waals surface area contributed by atoms with Gasteiger partial charge in [-0.3, -0.25) is 9.59 Å². The average Bonchev–Trinajstić information content (AvgIpc) is 2.43. The first kappa shape index (κ1) is 13.4. The van der Waals surface area contributed by atoms with Crippen molar-refractivity contribution >= 4 is 23.2 Å². The Morgan fingerprint density at radius 2 is 1.70 bits per heavy atom. The number of fused-ring (bicyclic) bond motifs is 1. The summed E-state index contributed by atoms with van der Waals surface area (Å²) in [6.07, 6.45) is 1.35. The summed E-state index contributed by atoms with van der Waals surface area (Å²) in [5, 5.41) is 0.667. The molecule has 4 heteroatoms. The van der Waals surface area contributed by atoms with Crippen LogP contribution in [0.4, 0.5) is 0 Å². The predicted octanol–water partition coefficient (Wildman–Crippen LogP) is 2.99. The molecule has 0 N–H and O–H groups in total. The lowest BCUT2D eigenvalue weighted by atomic mass is 9.51. The molecular formula is C16H15ClO3. The second-order valence-electron chi connectivity index (χ2n) is 5.47. The van der Waals surface area contributed by atoms with Crippen molar-refractivity contribution in [2.24, 2.45) is 17.8 Å². The minimum Gasteiger partial charge on any atom is -0.493 e. The SMILES string of the molecule is COC1=CC(=O)C2C(C1=O)[C@H](c1ccc(Cl)cc1)[C@@H]2C. The quantitative estimate of drug-likeness (QED) is 0.841. The topological polar surface area (TPSA) is 43.4 Å². The van der Waals surface area contributed by atoms with Crippen LogP contribution < -0.4 is 0 Å². The zero-order valence-electron chi connectivity index (χ0n) is 11.3. The molecule has 104 valence electrons. The van der Waals surface area contributed by atoms with E-state index in [9.17, 15) is 9.59 Å². The van der Waals surface area contributed by atoms with Gasteiger partial charge in [-0.2, -0.15) is 0 Å². The highest BCUT2D eigenvalue weighted by Crippen LogP contribution is 2.55. The largest absolute Gasteiger partial charge is 0.493 e. The number of methoxy groups -OCH3 is 1. The van der Waals surface area contributed by atoms with Crippen molar-refractivity contribution in [2.45, 2.75) is 12.8 Å². The summed E-state index contributed by atoms with van der Waals surface area (Å²) in [6.45, 7) is 2.03. The van der Waals surface area contributed by atoms with Gasteiger partial charge in [0.25, 0.3) is 0 Å². The number of allylic oxidation sites excluding steroid dienone is 2. The van der Waals surface area contributed by atoms with E-state index < -0.39 is 0 Å². The van der Waals surface area contributed by atoms with Crippen LogP contribution in [-0.2, 0) is 14.3 Å². The van der Waals surface area contributed by atoms with Gasteiger partial charge < -0.3 is 4.74 Å². The summed E-state index contributed by atoms with van der Waals surface area (Å²) in [5.41, 5.74) is 1.06. The Labute approximate surface area is 122 Å². The van der Waals surface area contributed by atoms with Crippen LogP contribution in [0.5, 0.6) is 0 Å². The van der Waals surface area contributed by atoms with Crippen molar-refractivity contribution in [3.63, 3.8) is 0 Å². The third-order valence-corrected chi connectivity index (χ3v) is 4.78. The second kappa shape index (κ2) is 4.74. The number of carbonyl (C=O) groups is 2. The lowest BCUT2D eigenvalue weighted by Crippen LogP contribution is -2.53. The fraction of sp³-hybridized carbons (Fsp3) is 0.375. The molecule has 3 rings (SSSR count). The molecule has 1 fully saturated rings. The highest BCUT2D eigenvalue weighted by atomic mass is 35.5. The summed E-state index contributed by atoms with van der Waals surface area (Å²) >= 11 is 5.90. The van der Waals surface area contributed by atoms with Crippen LogP contribution in [0.15, 0.2) is 36.1 Å². The van der Waals surface area contributed by atoms with Crippen LogP contribution in [0.2, 0.25) is 5.02 Å². The fourth-order valence-corrected chi connectivity index (χ4v) is 3.66. The van der Waals surface area contributed by atoms with Gasteiger partial charge in [-0.25, -0.2) is 0 Å². The van der Waals surface area contributed by atoms with E-state index in [4.69, 9.17) is 16.3 Å². The molecule has 0 aliphatic heterocycles. The summed E-state index contributed by atoms with van der Waals surface area (Å²) in [7, 11) is 1.43. The molecule has 0 aromatic heterocycles. The van der Waals surface area contributed by atoms with E-state index in [0.717, 1.165) is 5.56 Å². The first-order valence-corrected chi connectivity index (χ1v) is 7.01. The fourth-order valence-electron chi connectivity index (χ4n) is 3.53. The van der Waals surface area contributed by atoms with Gasteiger partial charge in [-0.1, -0.05) is 30.7 Å². The highest BCUT2D eigenvalue weighted by Gasteiger charge is 2.57. The van der Waals surface area contributed by atoms with E-state index in [1.807, 2.05) is 31.2 Å². The first-order valence-electron chi connectivity index (χ1n) is 6.64. The first-order chi connectivity index (χ1) is 9.54. The average molecular weight is 291 g/mol. The van der Waals surface area contributed by atoms with E-state index in [1.54, 1.807) is 0 Å². The molecule has 0 bridgehead atoms. The van der Waals surface area contributed by atoms with Gasteiger partial charge in [-0.05, 0) is 29.5 Å². The number of carbonyl (C=O) groups excluding carboxylic acids is 2. The number of halogens is 1. The van der Waals surface area contributed by atoms with Crippen LogP contribution in [-0.4, -0.2) is 18.7 Å². The van der Waals surface area contributed by atoms with Crippen LogP contribution in [0, 0.1) is 17.8 Å². The Bertz CT molecular complexity index is 603. The molecule has 4 atom stereocenters. The number of rotatable bonds is 2. The molecular weight excluding hydrogens is 276 g/mol. The Balaban J connectivity index is 1.96. The number of ether oxygens (including phenoxy) is 1. The predicted molar refractivity (Wildman–Crippen MR) is 75.4 cm³/mol. The molecule has 1 aromatic rings. The Morgan fingerprint density at radius 3 is 2.30 bits per heavy atom. The smallest absolute Gasteiger partial charge is 0.201 e. The maximum atomic E-state index is 12.4.